The minimum absolute atomic E-state index is 0.115. The lowest BCUT2D eigenvalue weighted by Gasteiger charge is -2.27. The number of aryl methyl sites for hydroxylation is 2. The number of aromatic nitrogens is 1. The van der Waals surface area contributed by atoms with Gasteiger partial charge in [-0.3, -0.25) is 9.88 Å². The van der Waals surface area contributed by atoms with Crippen LogP contribution in [0.5, 0.6) is 5.75 Å². The molecule has 1 aromatic heterocycles. The Bertz CT molecular complexity index is 1220. The van der Waals surface area contributed by atoms with Crippen LogP contribution in [0.3, 0.4) is 0 Å². The van der Waals surface area contributed by atoms with Crippen molar-refractivity contribution in [1.82, 2.24) is 9.88 Å². The van der Waals surface area contributed by atoms with Gasteiger partial charge in [-0.2, -0.15) is 13.2 Å². The van der Waals surface area contributed by atoms with E-state index in [0.29, 0.717) is 12.3 Å². The van der Waals surface area contributed by atoms with Crippen LogP contribution in [0, 0.1) is 6.92 Å². The van der Waals surface area contributed by atoms with Crippen molar-refractivity contribution in [3.8, 4) is 5.75 Å². The average molecular weight is 488 g/mol. The highest BCUT2D eigenvalue weighted by atomic mass is 19.4. The number of alkyl halides is 3. The van der Waals surface area contributed by atoms with E-state index in [1.165, 1.54) is 29.5 Å². The van der Waals surface area contributed by atoms with Gasteiger partial charge in [0.25, 0.3) is 0 Å². The number of rotatable bonds is 8. The fraction of sp³-hybridized carbons (Fsp3) is 0.385. The lowest BCUT2D eigenvalue weighted by molar-refractivity contribution is -0.138. The van der Waals surface area contributed by atoms with Crippen LogP contribution in [0.1, 0.15) is 23.1 Å². The Morgan fingerprint density at radius 2 is 2.03 bits per heavy atom. The van der Waals surface area contributed by atoms with Crippen molar-refractivity contribution >= 4 is 22.7 Å². The van der Waals surface area contributed by atoms with Crippen molar-refractivity contribution in [2.24, 2.45) is 0 Å². The fourth-order valence-corrected chi connectivity index (χ4v) is 4.49. The van der Waals surface area contributed by atoms with E-state index in [-0.39, 0.29) is 23.9 Å². The van der Waals surface area contributed by atoms with Gasteiger partial charge >= 0.3 is 12.3 Å². The average Bonchev–Trinajstić information content (AvgIpc) is 3.18. The quantitative estimate of drug-likeness (QED) is 0.422. The van der Waals surface area contributed by atoms with Crippen LogP contribution in [0.15, 0.2) is 48.7 Å². The molecular weight excluding hydrogens is 459 g/mol. The highest BCUT2D eigenvalue weighted by Gasteiger charge is 2.38. The number of carbonyl (C=O) groups is 1. The number of fused-ring (bicyclic) bond motifs is 1. The van der Waals surface area contributed by atoms with Crippen LogP contribution >= 0.6 is 0 Å². The highest BCUT2D eigenvalue weighted by Crippen LogP contribution is 2.35. The van der Waals surface area contributed by atoms with E-state index in [1.54, 1.807) is 13.3 Å². The first kappa shape index (κ1) is 24.8. The molecule has 6 nitrogen and oxygen atoms in total. The van der Waals surface area contributed by atoms with Crippen LogP contribution in [0.4, 0.5) is 23.7 Å². The number of hydrogen-bond acceptors (Lipinski definition) is 5. The van der Waals surface area contributed by atoms with Gasteiger partial charge in [0, 0.05) is 17.6 Å². The Morgan fingerprint density at radius 1 is 1.23 bits per heavy atom. The minimum atomic E-state index is -4.49. The molecule has 0 aliphatic carbocycles. The number of carbonyl (C=O) groups excluding carboxylic acids is 1. The number of hydrogen-bond donors (Lipinski definition) is 0. The first-order valence-corrected chi connectivity index (χ1v) is 11.4. The molecule has 0 spiro atoms. The van der Waals surface area contributed by atoms with Crippen molar-refractivity contribution < 1.29 is 27.4 Å². The summed E-state index contributed by atoms with van der Waals surface area (Å²) < 4.78 is 50.7. The predicted molar refractivity (Wildman–Crippen MR) is 128 cm³/mol. The number of methoxy groups -OCH3 is 1. The first-order valence-electron chi connectivity index (χ1n) is 11.4. The van der Waals surface area contributed by atoms with E-state index in [2.05, 4.69) is 16.0 Å². The molecule has 35 heavy (non-hydrogen) atoms. The van der Waals surface area contributed by atoms with Gasteiger partial charge in [-0.1, -0.05) is 18.2 Å². The maximum Gasteiger partial charge on any atom is 0.416 e. The smallest absolute Gasteiger partial charge is 0.416 e. The van der Waals surface area contributed by atoms with Crippen molar-refractivity contribution in [3.05, 3.63) is 65.4 Å². The topological polar surface area (TPSA) is 54.9 Å². The Balaban J connectivity index is 1.41. The van der Waals surface area contributed by atoms with E-state index < -0.39 is 17.8 Å². The second kappa shape index (κ2) is 10.1. The standard InChI is InChI=1S/C26H28F3N3O3/c1-17-9-10-19(12-23(17)26(27,28)29)32-20(16-35-25(32)33)15-31(2)11-5-7-18-6-4-8-24-22(18)13-21(34-3)14-30-24/h4,6,8-10,12-14,20H,5,7,11,15-16H2,1-3H3/t20-/m0/s1. The molecule has 0 radical (unpaired) electrons. The summed E-state index contributed by atoms with van der Waals surface area (Å²) in [6, 6.07) is 11.6. The molecule has 4 rings (SSSR count). The first-order chi connectivity index (χ1) is 16.7. The maximum atomic E-state index is 13.4. The van der Waals surface area contributed by atoms with Crippen LogP contribution < -0.4 is 9.64 Å². The molecule has 1 atom stereocenters. The highest BCUT2D eigenvalue weighted by molar-refractivity contribution is 5.90. The van der Waals surface area contributed by atoms with Gasteiger partial charge in [-0.15, -0.1) is 0 Å². The number of anilines is 1. The van der Waals surface area contributed by atoms with E-state index in [4.69, 9.17) is 9.47 Å². The van der Waals surface area contributed by atoms with Crippen LogP contribution in [0.25, 0.3) is 10.9 Å². The lowest BCUT2D eigenvalue weighted by Crippen LogP contribution is -2.42. The number of halogens is 3. The Hall–Kier alpha value is -3.33. The SMILES string of the molecule is COc1cnc2cccc(CCCN(C)C[C@H]3COC(=O)N3c3ccc(C)c(C(F)(F)F)c3)c2c1. The van der Waals surface area contributed by atoms with Gasteiger partial charge in [0.05, 0.1) is 30.4 Å². The summed E-state index contributed by atoms with van der Waals surface area (Å²) in [6.45, 7) is 2.76. The molecule has 2 heterocycles. The van der Waals surface area contributed by atoms with Crippen molar-refractivity contribution in [1.29, 1.82) is 0 Å². The van der Waals surface area contributed by atoms with Gasteiger partial charge in [0.15, 0.2) is 0 Å². The molecule has 0 N–H and O–H groups in total. The van der Waals surface area contributed by atoms with Gasteiger partial charge in [-0.05, 0) is 68.8 Å². The number of pyridine rings is 1. The number of benzene rings is 2. The minimum Gasteiger partial charge on any atom is -0.495 e. The van der Waals surface area contributed by atoms with Gasteiger partial charge < -0.3 is 14.4 Å². The van der Waals surface area contributed by atoms with E-state index in [9.17, 15) is 18.0 Å². The number of ether oxygens (including phenoxy) is 2. The zero-order valence-electron chi connectivity index (χ0n) is 19.9. The fourth-order valence-electron chi connectivity index (χ4n) is 4.49. The molecule has 3 aromatic rings. The predicted octanol–water partition coefficient (Wildman–Crippen LogP) is 5.46. The Labute approximate surface area is 202 Å². The zero-order chi connectivity index (χ0) is 25.2. The Kier molecular flexibility index (Phi) is 7.16. The number of cyclic esters (lactones) is 1. The van der Waals surface area contributed by atoms with Crippen molar-refractivity contribution in [2.45, 2.75) is 32.0 Å². The maximum absolute atomic E-state index is 13.4. The molecule has 1 saturated heterocycles. The van der Waals surface area contributed by atoms with Gasteiger partial charge in [0.2, 0.25) is 0 Å². The normalized spacial score (nSPS) is 16.3. The summed E-state index contributed by atoms with van der Waals surface area (Å²) in [5.41, 5.74) is 1.64. The summed E-state index contributed by atoms with van der Waals surface area (Å²) in [6.07, 6.45) is -1.73. The van der Waals surface area contributed by atoms with Crippen molar-refractivity contribution in [3.63, 3.8) is 0 Å². The number of likely N-dealkylation sites (N-methyl/N-ethyl adjacent to an activating group) is 1. The molecule has 186 valence electrons. The van der Waals surface area contributed by atoms with E-state index >= 15 is 0 Å². The van der Waals surface area contributed by atoms with Gasteiger partial charge in [-0.25, -0.2) is 4.79 Å². The van der Waals surface area contributed by atoms with Crippen LogP contribution in [-0.2, 0) is 17.3 Å². The second-order valence-corrected chi connectivity index (χ2v) is 8.82. The third kappa shape index (κ3) is 5.51. The number of nitrogens with zero attached hydrogens (tertiary/aromatic N) is 3. The van der Waals surface area contributed by atoms with Crippen LogP contribution in [-0.4, -0.2) is 55.9 Å². The molecule has 1 fully saturated rings. The molecule has 0 bridgehead atoms. The zero-order valence-corrected chi connectivity index (χ0v) is 19.9. The third-order valence-electron chi connectivity index (χ3n) is 6.30. The summed E-state index contributed by atoms with van der Waals surface area (Å²) in [7, 11) is 3.55. The molecule has 0 unspecified atom stereocenters. The molecule has 1 aliphatic rings. The monoisotopic (exact) mass is 487 g/mol. The lowest BCUT2D eigenvalue weighted by atomic mass is 10.0. The summed E-state index contributed by atoms with van der Waals surface area (Å²) in [4.78, 5) is 20.2. The summed E-state index contributed by atoms with van der Waals surface area (Å²) in [5, 5.41) is 1.05. The molecule has 9 heteroatoms. The van der Waals surface area contributed by atoms with E-state index in [0.717, 1.165) is 36.4 Å². The third-order valence-corrected chi connectivity index (χ3v) is 6.30. The molecule has 1 amide bonds. The van der Waals surface area contributed by atoms with Crippen LogP contribution in [0.2, 0.25) is 0 Å². The van der Waals surface area contributed by atoms with Gasteiger partial charge in [0.1, 0.15) is 12.4 Å². The Morgan fingerprint density at radius 3 is 2.77 bits per heavy atom. The second-order valence-electron chi connectivity index (χ2n) is 8.82. The largest absolute Gasteiger partial charge is 0.495 e. The molecule has 0 saturated carbocycles. The number of amides is 1. The van der Waals surface area contributed by atoms with E-state index in [1.807, 2.05) is 25.2 Å². The molecule has 2 aromatic carbocycles. The summed E-state index contributed by atoms with van der Waals surface area (Å²) >= 11 is 0. The summed E-state index contributed by atoms with van der Waals surface area (Å²) in [5.74, 6) is 0.706. The molecule has 1 aliphatic heterocycles. The molecular formula is C26H28F3N3O3. The van der Waals surface area contributed by atoms with Crippen molar-refractivity contribution in [2.75, 3.05) is 38.8 Å².